The highest BCUT2D eigenvalue weighted by atomic mass is 35.5. The molecule has 6 nitrogen and oxygen atoms in total. The van der Waals surface area contributed by atoms with Crippen molar-refractivity contribution in [3.05, 3.63) is 39.3 Å². The third-order valence-electron chi connectivity index (χ3n) is 5.38. The van der Waals surface area contributed by atoms with E-state index in [1.165, 1.54) is 31.7 Å². The molecule has 7 heteroatoms. The Morgan fingerprint density at radius 3 is 2.93 bits per heavy atom. The van der Waals surface area contributed by atoms with Gasteiger partial charge in [-0.2, -0.15) is 5.10 Å². The topological polar surface area (TPSA) is 66.0 Å². The van der Waals surface area contributed by atoms with Gasteiger partial charge in [-0.25, -0.2) is 0 Å². The van der Waals surface area contributed by atoms with Crippen molar-refractivity contribution in [2.45, 2.75) is 52.1 Å². The van der Waals surface area contributed by atoms with E-state index < -0.39 is 0 Å². The molecule has 0 radical (unpaired) electrons. The van der Waals surface area contributed by atoms with Gasteiger partial charge in [0.1, 0.15) is 10.8 Å². The second-order valence-corrected chi connectivity index (χ2v) is 8.59. The van der Waals surface area contributed by atoms with Gasteiger partial charge in [0.15, 0.2) is 0 Å². The molecule has 2 aromatic heterocycles. The number of aromatic amines is 1. The van der Waals surface area contributed by atoms with Gasteiger partial charge >= 0.3 is 0 Å². The van der Waals surface area contributed by atoms with E-state index in [1.807, 2.05) is 13.1 Å². The van der Waals surface area contributed by atoms with Crippen LogP contribution in [0, 0.1) is 5.92 Å². The molecule has 0 aliphatic carbocycles. The van der Waals surface area contributed by atoms with E-state index in [2.05, 4.69) is 34.1 Å². The average Bonchev–Trinajstić information content (AvgIpc) is 2.82. The molecule has 3 heterocycles. The summed E-state index contributed by atoms with van der Waals surface area (Å²) in [7, 11) is 1.84. The van der Waals surface area contributed by atoms with Crippen molar-refractivity contribution in [2.24, 2.45) is 13.0 Å². The van der Waals surface area contributed by atoms with Crippen molar-refractivity contribution in [2.75, 3.05) is 19.6 Å². The lowest BCUT2D eigenvalue weighted by molar-refractivity contribution is 0.250. The minimum Gasteiger partial charge on any atom is -0.321 e. The van der Waals surface area contributed by atoms with E-state index in [0.29, 0.717) is 16.9 Å². The number of aryl methyl sites for hydroxylation is 1. The van der Waals surface area contributed by atoms with E-state index in [9.17, 15) is 4.79 Å². The van der Waals surface area contributed by atoms with Crippen molar-refractivity contribution < 1.29 is 0 Å². The first-order chi connectivity index (χ1) is 13.4. The molecule has 1 aliphatic heterocycles. The maximum absolute atomic E-state index is 11.8. The van der Waals surface area contributed by atoms with Crippen LogP contribution in [0.1, 0.15) is 45.1 Å². The van der Waals surface area contributed by atoms with E-state index in [0.717, 1.165) is 43.4 Å². The van der Waals surface area contributed by atoms with Crippen LogP contribution in [0.15, 0.2) is 23.0 Å². The molecule has 1 unspecified atom stereocenters. The highest BCUT2D eigenvalue weighted by Crippen LogP contribution is 2.28. The van der Waals surface area contributed by atoms with Crippen LogP contribution in [0.3, 0.4) is 0 Å². The summed E-state index contributed by atoms with van der Waals surface area (Å²) >= 11 is 6.58. The van der Waals surface area contributed by atoms with Crippen LogP contribution in [0.4, 0.5) is 0 Å². The fourth-order valence-corrected chi connectivity index (χ4v) is 4.01. The molecule has 2 N–H and O–H groups in total. The van der Waals surface area contributed by atoms with Gasteiger partial charge in [0.05, 0.1) is 5.69 Å². The van der Waals surface area contributed by atoms with Crippen molar-refractivity contribution in [1.82, 2.24) is 25.0 Å². The Hall–Kier alpha value is -1.63. The lowest BCUT2D eigenvalue weighted by Gasteiger charge is -2.25. The maximum atomic E-state index is 11.8. The largest absolute Gasteiger partial charge is 0.321 e. The molecule has 1 aliphatic rings. The summed E-state index contributed by atoms with van der Waals surface area (Å²) in [6.45, 7) is 8.40. The monoisotopic (exact) mass is 405 g/mol. The Morgan fingerprint density at radius 2 is 2.18 bits per heavy atom. The number of rotatable bonds is 7. The fourth-order valence-electron chi connectivity index (χ4n) is 3.82. The summed E-state index contributed by atoms with van der Waals surface area (Å²) in [6.07, 6.45) is 4.86. The number of nitrogens with zero attached hydrogens (tertiary/aromatic N) is 3. The normalized spacial score (nSPS) is 18.5. The van der Waals surface area contributed by atoms with Crippen LogP contribution >= 0.6 is 11.6 Å². The molecule has 0 spiro atoms. The van der Waals surface area contributed by atoms with Crippen molar-refractivity contribution >= 4 is 11.6 Å². The number of nitrogens with one attached hydrogen (secondary N) is 2. The zero-order valence-electron chi connectivity index (χ0n) is 17.2. The summed E-state index contributed by atoms with van der Waals surface area (Å²) in [5, 5.41) is 8.94. The van der Waals surface area contributed by atoms with Crippen molar-refractivity contribution in [1.29, 1.82) is 0 Å². The SMILES string of the molecule is CC(C)CCNC1CCCCN(Cc2c(-c3cccc(=O)[nH]3)nn(C)c2Cl)C1. The van der Waals surface area contributed by atoms with Gasteiger partial charge in [0, 0.05) is 37.8 Å². The standard InChI is InChI=1S/C21H32ClN5O/c1-15(2)10-11-23-16-7-4-5-12-27(13-16)14-17-20(25-26(3)21(17)22)18-8-6-9-19(28)24-18/h6,8-9,15-16,23H,4-5,7,10-14H2,1-3H3,(H,24,28). The summed E-state index contributed by atoms with van der Waals surface area (Å²) in [5.74, 6) is 0.721. The molecule has 1 saturated heterocycles. The maximum Gasteiger partial charge on any atom is 0.248 e. The molecule has 154 valence electrons. The highest BCUT2D eigenvalue weighted by molar-refractivity contribution is 6.30. The molecule has 28 heavy (non-hydrogen) atoms. The van der Waals surface area contributed by atoms with Gasteiger partial charge in [-0.1, -0.05) is 37.9 Å². The number of hydrogen-bond acceptors (Lipinski definition) is 4. The van der Waals surface area contributed by atoms with Crippen LogP contribution in [0.2, 0.25) is 5.15 Å². The first kappa shape index (κ1) is 21.1. The zero-order chi connectivity index (χ0) is 20.1. The molecule has 1 atom stereocenters. The van der Waals surface area contributed by atoms with Crippen LogP contribution in [-0.4, -0.2) is 45.3 Å². The Bertz CT molecular complexity index is 828. The third kappa shape index (κ3) is 5.46. The van der Waals surface area contributed by atoms with Gasteiger partial charge in [0.2, 0.25) is 5.56 Å². The minimum atomic E-state index is -0.130. The second-order valence-electron chi connectivity index (χ2n) is 8.23. The number of pyridine rings is 1. The average molecular weight is 406 g/mol. The number of H-pyrrole nitrogens is 1. The van der Waals surface area contributed by atoms with E-state index in [-0.39, 0.29) is 5.56 Å². The van der Waals surface area contributed by atoms with Crippen LogP contribution in [-0.2, 0) is 13.6 Å². The van der Waals surface area contributed by atoms with Gasteiger partial charge < -0.3 is 10.3 Å². The molecule has 2 aromatic rings. The zero-order valence-corrected chi connectivity index (χ0v) is 17.9. The van der Waals surface area contributed by atoms with E-state index in [1.54, 1.807) is 10.7 Å². The Morgan fingerprint density at radius 1 is 1.36 bits per heavy atom. The lowest BCUT2D eigenvalue weighted by Crippen LogP contribution is -2.40. The lowest BCUT2D eigenvalue weighted by atomic mass is 10.1. The number of halogens is 1. The van der Waals surface area contributed by atoms with Crippen LogP contribution in [0.5, 0.6) is 0 Å². The third-order valence-corrected chi connectivity index (χ3v) is 5.86. The Labute approximate surface area is 172 Å². The first-order valence-electron chi connectivity index (χ1n) is 10.3. The summed E-state index contributed by atoms with van der Waals surface area (Å²) in [4.78, 5) is 17.1. The first-order valence-corrected chi connectivity index (χ1v) is 10.7. The number of hydrogen-bond donors (Lipinski definition) is 2. The molecule has 0 bridgehead atoms. The number of likely N-dealkylation sites (tertiary alicyclic amines) is 1. The van der Waals surface area contributed by atoms with Gasteiger partial charge in [-0.3, -0.25) is 14.4 Å². The fraction of sp³-hybridized carbons (Fsp3) is 0.619. The molecule has 1 fully saturated rings. The van der Waals surface area contributed by atoms with Crippen LogP contribution in [0.25, 0.3) is 11.4 Å². The predicted molar refractivity (Wildman–Crippen MR) is 115 cm³/mol. The predicted octanol–water partition coefficient (Wildman–Crippen LogP) is 3.42. The van der Waals surface area contributed by atoms with Crippen LogP contribution < -0.4 is 10.9 Å². The van der Waals surface area contributed by atoms with Gasteiger partial charge in [-0.05, 0) is 44.3 Å². The van der Waals surface area contributed by atoms with E-state index in [4.69, 9.17) is 11.6 Å². The number of aromatic nitrogens is 3. The summed E-state index contributed by atoms with van der Waals surface area (Å²) in [5.41, 5.74) is 2.33. The van der Waals surface area contributed by atoms with Gasteiger partial charge in [-0.15, -0.1) is 0 Å². The molecule has 0 amide bonds. The van der Waals surface area contributed by atoms with Crippen molar-refractivity contribution in [3.8, 4) is 11.4 Å². The van der Waals surface area contributed by atoms with Gasteiger partial charge in [0.25, 0.3) is 0 Å². The summed E-state index contributed by atoms with van der Waals surface area (Å²) < 4.78 is 1.69. The molecular weight excluding hydrogens is 374 g/mol. The molecule has 3 rings (SSSR count). The molecular formula is C21H32ClN5O. The minimum absolute atomic E-state index is 0.130. The molecule has 0 saturated carbocycles. The second kappa shape index (κ2) is 9.72. The highest BCUT2D eigenvalue weighted by Gasteiger charge is 2.23. The Kier molecular flexibility index (Phi) is 7.32. The van der Waals surface area contributed by atoms with E-state index >= 15 is 0 Å². The smallest absolute Gasteiger partial charge is 0.248 e. The Balaban J connectivity index is 1.75. The quantitative estimate of drug-likeness (QED) is 0.740. The van der Waals surface area contributed by atoms with Crippen molar-refractivity contribution in [3.63, 3.8) is 0 Å². The summed E-state index contributed by atoms with van der Waals surface area (Å²) in [6, 6.07) is 5.65. The molecule has 0 aromatic carbocycles.